The number of esters is 1. The molecule has 7 heteroatoms. The smallest absolute Gasteiger partial charge is 0.338 e. The summed E-state index contributed by atoms with van der Waals surface area (Å²) in [7, 11) is 0. The fourth-order valence-electron chi connectivity index (χ4n) is 2.57. The minimum Gasteiger partial charge on any atom is -0.452 e. The number of hydrogen-bond acceptors (Lipinski definition) is 4. The summed E-state index contributed by atoms with van der Waals surface area (Å²) in [6.07, 6.45) is 0. The number of ether oxygens (including phenoxy) is 1. The summed E-state index contributed by atoms with van der Waals surface area (Å²) in [5.74, 6) is -1.44. The number of ketones is 1. The van der Waals surface area contributed by atoms with Gasteiger partial charge in [-0.3, -0.25) is 9.59 Å². The maximum absolute atomic E-state index is 12.8. The molecule has 0 atom stereocenters. The van der Waals surface area contributed by atoms with E-state index in [2.05, 4.69) is 27.9 Å². The van der Waals surface area contributed by atoms with Crippen LogP contribution in [0, 0.1) is 3.57 Å². The van der Waals surface area contributed by atoms with Crippen molar-refractivity contribution < 1.29 is 19.1 Å². The first-order chi connectivity index (χ1) is 13.9. The normalized spacial score (nSPS) is 10.3. The van der Waals surface area contributed by atoms with Crippen LogP contribution in [0.5, 0.6) is 0 Å². The van der Waals surface area contributed by atoms with E-state index in [0.717, 1.165) is 3.57 Å². The molecule has 3 aromatic carbocycles. The third kappa shape index (κ3) is 5.65. The van der Waals surface area contributed by atoms with Crippen molar-refractivity contribution in [1.29, 1.82) is 0 Å². The number of rotatable bonds is 6. The fourth-order valence-corrected chi connectivity index (χ4v) is 3.29. The highest BCUT2D eigenvalue weighted by molar-refractivity contribution is 14.1. The predicted molar refractivity (Wildman–Crippen MR) is 119 cm³/mol. The number of anilines is 1. The summed E-state index contributed by atoms with van der Waals surface area (Å²) in [5, 5.41) is 2.98. The van der Waals surface area contributed by atoms with Gasteiger partial charge in [0, 0.05) is 19.7 Å². The van der Waals surface area contributed by atoms with E-state index in [0.29, 0.717) is 21.8 Å². The van der Waals surface area contributed by atoms with Crippen LogP contribution in [0.25, 0.3) is 0 Å². The number of nitrogens with one attached hydrogen (secondary N) is 1. The largest absolute Gasteiger partial charge is 0.452 e. The minimum atomic E-state index is -0.602. The van der Waals surface area contributed by atoms with Gasteiger partial charge >= 0.3 is 5.97 Å². The maximum atomic E-state index is 12.8. The summed E-state index contributed by atoms with van der Waals surface area (Å²) in [5.41, 5.74) is 1.37. The Hall–Kier alpha value is -2.71. The molecule has 3 aromatic rings. The Kier molecular flexibility index (Phi) is 7.00. The van der Waals surface area contributed by atoms with Crippen molar-refractivity contribution in [1.82, 2.24) is 0 Å². The second-order valence-electron chi connectivity index (χ2n) is 6.02. The lowest BCUT2D eigenvalue weighted by Crippen LogP contribution is -2.22. The van der Waals surface area contributed by atoms with Gasteiger partial charge in [-0.2, -0.15) is 0 Å². The molecule has 0 bridgehead atoms. The SMILES string of the molecule is O=C(COC(=O)c1cccc(I)c1)Nc1ccc(Cl)cc1C(=O)c1ccccc1. The van der Waals surface area contributed by atoms with Gasteiger partial charge in [-0.05, 0) is 59.0 Å². The van der Waals surface area contributed by atoms with Crippen molar-refractivity contribution in [2.45, 2.75) is 0 Å². The predicted octanol–water partition coefficient (Wildman–Crippen LogP) is 4.97. The molecule has 0 aromatic heterocycles. The Bertz CT molecular complexity index is 1070. The molecule has 146 valence electrons. The summed E-state index contributed by atoms with van der Waals surface area (Å²) in [6.45, 7) is -0.480. The summed E-state index contributed by atoms with van der Waals surface area (Å²) < 4.78 is 5.94. The lowest BCUT2D eigenvalue weighted by atomic mass is 10.0. The zero-order valence-electron chi connectivity index (χ0n) is 15.0. The monoisotopic (exact) mass is 519 g/mol. The molecule has 0 aliphatic carbocycles. The third-order valence-electron chi connectivity index (χ3n) is 3.93. The van der Waals surface area contributed by atoms with Crippen LogP contribution in [0.2, 0.25) is 5.02 Å². The van der Waals surface area contributed by atoms with E-state index in [-0.39, 0.29) is 11.3 Å². The molecular weight excluding hydrogens is 505 g/mol. The van der Waals surface area contributed by atoms with Crippen LogP contribution >= 0.6 is 34.2 Å². The van der Waals surface area contributed by atoms with Gasteiger partial charge in [-0.1, -0.05) is 48.0 Å². The molecule has 0 radical (unpaired) electrons. The van der Waals surface area contributed by atoms with Crippen molar-refractivity contribution in [3.8, 4) is 0 Å². The molecule has 0 fully saturated rings. The van der Waals surface area contributed by atoms with Crippen LogP contribution in [0.1, 0.15) is 26.3 Å². The van der Waals surface area contributed by atoms with E-state index in [9.17, 15) is 14.4 Å². The molecule has 0 unspecified atom stereocenters. The first-order valence-corrected chi connectivity index (χ1v) is 10.0. The molecule has 0 aliphatic rings. The minimum absolute atomic E-state index is 0.251. The van der Waals surface area contributed by atoms with E-state index in [1.54, 1.807) is 54.6 Å². The summed E-state index contributed by atoms with van der Waals surface area (Å²) in [6, 6.07) is 20.1. The molecular formula is C22H15ClINO4. The summed E-state index contributed by atoms with van der Waals surface area (Å²) >= 11 is 8.12. The molecule has 1 amide bonds. The second-order valence-corrected chi connectivity index (χ2v) is 7.70. The van der Waals surface area contributed by atoms with Gasteiger partial charge in [-0.25, -0.2) is 4.79 Å². The lowest BCUT2D eigenvalue weighted by Gasteiger charge is -2.11. The van der Waals surface area contributed by atoms with E-state index in [1.807, 2.05) is 6.07 Å². The summed E-state index contributed by atoms with van der Waals surface area (Å²) in [4.78, 5) is 37.1. The van der Waals surface area contributed by atoms with Crippen LogP contribution in [0.4, 0.5) is 5.69 Å². The molecule has 0 saturated heterocycles. The van der Waals surface area contributed by atoms with Crippen molar-refractivity contribution in [2.75, 3.05) is 11.9 Å². The molecule has 5 nitrogen and oxygen atoms in total. The van der Waals surface area contributed by atoms with E-state index in [1.165, 1.54) is 12.1 Å². The van der Waals surface area contributed by atoms with Crippen LogP contribution in [-0.4, -0.2) is 24.3 Å². The van der Waals surface area contributed by atoms with Crippen LogP contribution in [-0.2, 0) is 9.53 Å². The Balaban J connectivity index is 1.70. The zero-order chi connectivity index (χ0) is 20.8. The van der Waals surface area contributed by atoms with Gasteiger partial charge in [0.1, 0.15) is 0 Å². The van der Waals surface area contributed by atoms with Gasteiger partial charge in [0.15, 0.2) is 12.4 Å². The molecule has 0 spiro atoms. The quantitative estimate of drug-likeness (QED) is 0.284. The Labute approximate surface area is 186 Å². The number of hydrogen-bond donors (Lipinski definition) is 1. The molecule has 29 heavy (non-hydrogen) atoms. The first kappa shape index (κ1) is 21.0. The van der Waals surface area contributed by atoms with Crippen LogP contribution in [0.3, 0.4) is 0 Å². The molecule has 1 N–H and O–H groups in total. The number of carbonyl (C=O) groups excluding carboxylic acids is 3. The van der Waals surface area contributed by atoms with E-state index in [4.69, 9.17) is 16.3 Å². The Morgan fingerprint density at radius 2 is 1.62 bits per heavy atom. The highest BCUT2D eigenvalue weighted by atomic mass is 127. The topological polar surface area (TPSA) is 72.5 Å². The number of carbonyl (C=O) groups is 3. The molecule has 3 rings (SSSR count). The molecule has 0 aliphatic heterocycles. The van der Waals surface area contributed by atoms with Gasteiger partial charge in [0.2, 0.25) is 0 Å². The van der Waals surface area contributed by atoms with E-state index >= 15 is 0 Å². The van der Waals surface area contributed by atoms with Gasteiger partial charge in [0.25, 0.3) is 5.91 Å². The number of amides is 1. The van der Waals surface area contributed by atoms with Crippen LogP contribution in [0.15, 0.2) is 72.8 Å². The zero-order valence-corrected chi connectivity index (χ0v) is 17.9. The van der Waals surface area contributed by atoms with Crippen molar-refractivity contribution in [2.24, 2.45) is 0 Å². The third-order valence-corrected chi connectivity index (χ3v) is 4.84. The fraction of sp³-hybridized carbons (Fsp3) is 0.0455. The van der Waals surface area contributed by atoms with Crippen molar-refractivity contribution >= 4 is 57.5 Å². The average molecular weight is 520 g/mol. The number of benzene rings is 3. The molecule has 0 saturated carbocycles. The van der Waals surface area contributed by atoms with Crippen molar-refractivity contribution in [3.05, 3.63) is 98.1 Å². The first-order valence-electron chi connectivity index (χ1n) is 8.56. The Morgan fingerprint density at radius 1 is 0.897 bits per heavy atom. The number of halogens is 2. The van der Waals surface area contributed by atoms with Gasteiger partial charge in [-0.15, -0.1) is 0 Å². The van der Waals surface area contributed by atoms with Gasteiger partial charge < -0.3 is 10.1 Å². The van der Waals surface area contributed by atoms with E-state index < -0.39 is 18.5 Å². The second kappa shape index (κ2) is 9.67. The maximum Gasteiger partial charge on any atom is 0.338 e. The Morgan fingerprint density at radius 3 is 2.34 bits per heavy atom. The highest BCUT2D eigenvalue weighted by Crippen LogP contribution is 2.24. The van der Waals surface area contributed by atoms with Gasteiger partial charge in [0.05, 0.1) is 11.3 Å². The molecule has 0 heterocycles. The van der Waals surface area contributed by atoms with Crippen LogP contribution < -0.4 is 5.32 Å². The lowest BCUT2D eigenvalue weighted by molar-refractivity contribution is -0.119. The highest BCUT2D eigenvalue weighted by Gasteiger charge is 2.17. The van der Waals surface area contributed by atoms with Crippen molar-refractivity contribution in [3.63, 3.8) is 0 Å². The standard InChI is InChI=1S/C22H15ClINO4/c23-16-9-10-19(18(12-16)21(27)14-5-2-1-3-6-14)25-20(26)13-29-22(28)15-7-4-8-17(24)11-15/h1-12H,13H2,(H,25,26). The average Bonchev–Trinajstić information content (AvgIpc) is 2.73.